The summed E-state index contributed by atoms with van der Waals surface area (Å²) in [4.78, 5) is 11.2. The highest BCUT2D eigenvalue weighted by atomic mass is 32.2. The molecule has 0 bridgehead atoms. The van der Waals surface area contributed by atoms with Crippen LogP contribution in [0.5, 0.6) is 23.0 Å². The van der Waals surface area contributed by atoms with Gasteiger partial charge in [-0.2, -0.15) is 8.78 Å². The predicted molar refractivity (Wildman–Crippen MR) is 124 cm³/mol. The van der Waals surface area contributed by atoms with Crippen molar-refractivity contribution in [1.82, 2.24) is 4.90 Å². The maximum absolute atomic E-state index is 13.8. The minimum absolute atomic E-state index is 0.0906. The third-order valence-corrected chi connectivity index (χ3v) is 6.00. The van der Waals surface area contributed by atoms with Gasteiger partial charge in [0.15, 0.2) is 0 Å². The van der Waals surface area contributed by atoms with E-state index in [1.54, 1.807) is 36.4 Å². The molecule has 0 heterocycles. The Morgan fingerprint density at radius 2 is 1.62 bits per heavy atom. The lowest BCUT2D eigenvalue weighted by atomic mass is 10.1. The molecule has 0 aliphatic rings. The minimum Gasteiger partial charge on any atom is -0.496 e. The fourth-order valence-electron chi connectivity index (χ4n) is 3.12. The molecule has 2 aromatic carbocycles. The predicted octanol–water partition coefficient (Wildman–Crippen LogP) is 3.75. The van der Waals surface area contributed by atoms with Crippen LogP contribution in [0.2, 0.25) is 0 Å². The summed E-state index contributed by atoms with van der Waals surface area (Å²) in [5.41, 5.74) is 1.51. The molecule has 2 aromatic rings. The van der Waals surface area contributed by atoms with E-state index in [9.17, 15) is 17.8 Å². The molecule has 1 atom stereocenters. The van der Waals surface area contributed by atoms with Crippen LogP contribution in [0.3, 0.4) is 0 Å². The van der Waals surface area contributed by atoms with Crippen molar-refractivity contribution in [2.75, 3.05) is 35.5 Å². The van der Waals surface area contributed by atoms with E-state index < -0.39 is 22.8 Å². The van der Waals surface area contributed by atoms with Gasteiger partial charge >= 0.3 is 12.0 Å². The standard InChI is InChI=1S/C23H27F2NO7S/c1-26(23(24,25)22(27)28)13-16-10-15(6-7-19(16)31-3)14-34(29)9-8-18-20(32-4)11-17(30-2)12-21(18)33-5/h6-12H,13-14H2,1-5H3,(H,27,28). The van der Waals surface area contributed by atoms with E-state index in [2.05, 4.69) is 0 Å². The molecule has 0 aromatic heterocycles. The van der Waals surface area contributed by atoms with Crippen LogP contribution in [0.4, 0.5) is 8.78 Å². The normalized spacial score (nSPS) is 12.6. The summed E-state index contributed by atoms with van der Waals surface area (Å²) in [6.07, 6.45) is 1.61. The Morgan fingerprint density at radius 1 is 1.03 bits per heavy atom. The molecule has 34 heavy (non-hydrogen) atoms. The molecule has 186 valence electrons. The van der Waals surface area contributed by atoms with Crippen molar-refractivity contribution in [3.05, 3.63) is 52.4 Å². The second-order valence-electron chi connectivity index (χ2n) is 7.12. The van der Waals surface area contributed by atoms with Crippen LogP contribution in [-0.4, -0.2) is 61.7 Å². The summed E-state index contributed by atoms with van der Waals surface area (Å²) < 4.78 is 61.5. The van der Waals surface area contributed by atoms with Gasteiger partial charge in [-0.15, -0.1) is 0 Å². The molecule has 2 rings (SSSR count). The van der Waals surface area contributed by atoms with Crippen molar-refractivity contribution >= 4 is 22.8 Å². The second-order valence-corrected chi connectivity index (χ2v) is 8.44. The van der Waals surface area contributed by atoms with E-state index in [-0.39, 0.29) is 12.3 Å². The van der Waals surface area contributed by atoms with Gasteiger partial charge in [0.25, 0.3) is 0 Å². The first kappa shape index (κ1) is 27.1. The first-order valence-electron chi connectivity index (χ1n) is 9.91. The molecule has 0 fully saturated rings. The number of carboxylic acid groups (broad SMARTS) is 1. The molecular weight excluding hydrogens is 472 g/mol. The Morgan fingerprint density at radius 3 is 2.12 bits per heavy atom. The average molecular weight is 500 g/mol. The van der Waals surface area contributed by atoms with Crippen LogP contribution >= 0.6 is 0 Å². The largest absolute Gasteiger partial charge is 0.496 e. The van der Waals surface area contributed by atoms with Gasteiger partial charge in [-0.25, -0.2) is 9.69 Å². The number of ether oxygens (including phenoxy) is 4. The molecule has 1 unspecified atom stereocenters. The number of hydrogen-bond acceptors (Lipinski definition) is 7. The van der Waals surface area contributed by atoms with Crippen LogP contribution in [0.1, 0.15) is 16.7 Å². The molecule has 1 N–H and O–H groups in total. The third kappa shape index (κ3) is 6.45. The van der Waals surface area contributed by atoms with Gasteiger partial charge in [0.1, 0.15) is 23.0 Å². The summed E-state index contributed by atoms with van der Waals surface area (Å²) in [5.74, 6) is -0.368. The Balaban J connectivity index is 2.25. The molecule has 0 aliphatic carbocycles. The van der Waals surface area contributed by atoms with Crippen LogP contribution < -0.4 is 18.9 Å². The number of alkyl halides is 2. The number of nitrogens with zero attached hydrogens (tertiary/aromatic N) is 1. The fraction of sp³-hybridized carbons (Fsp3) is 0.348. The van der Waals surface area contributed by atoms with Gasteiger partial charge < -0.3 is 24.1 Å². The first-order valence-corrected chi connectivity index (χ1v) is 11.3. The number of halogens is 2. The SMILES string of the molecule is COc1cc(OC)c(C=CS(=O)Cc2ccc(OC)c(CN(C)C(F)(F)C(=O)O)c2)c(OC)c1. The summed E-state index contributed by atoms with van der Waals surface area (Å²) in [7, 11) is 5.40. The van der Waals surface area contributed by atoms with E-state index >= 15 is 0 Å². The second kappa shape index (κ2) is 11.8. The van der Waals surface area contributed by atoms with Gasteiger partial charge in [0, 0.05) is 29.6 Å². The Labute approximate surface area is 199 Å². The van der Waals surface area contributed by atoms with Crippen molar-refractivity contribution < 1.29 is 41.8 Å². The smallest absolute Gasteiger partial charge is 0.401 e. The summed E-state index contributed by atoms with van der Waals surface area (Å²) in [6.45, 7) is -0.390. The molecule has 0 saturated heterocycles. The van der Waals surface area contributed by atoms with E-state index in [4.69, 9.17) is 24.1 Å². The molecule has 8 nitrogen and oxygen atoms in total. The lowest BCUT2D eigenvalue weighted by molar-refractivity contribution is -0.194. The van der Waals surface area contributed by atoms with Crippen LogP contribution in [-0.2, 0) is 27.9 Å². The molecule has 0 amide bonds. The monoisotopic (exact) mass is 499 g/mol. The molecule has 0 spiro atoms. The highest BCUT2D eigenvalue weighted by Crippen LogP contribution is 2.35. The Hall–Kier alpha value is -3.18. The quantitative estimate of drug-likeness (QED) is 0.442. The lowest BCUT2D eigenvalue weighted by Crippen LogP contribution is -2.44. The highest BCUT2D eigenvalue weighted by molar-refractivity contribution is 7.87. The van der Waals surface area contributed by atoms with Crippen molar-refractivity contribution in [3.8, 4) is 23.0 Å². The number of carboxylic acids is 1. The van der Waals surface area contributed by atoms with E-state index in [0.717, 1.165) is 7.05 Å². The fourth-order valence-corrected chi connectivity index (χ4v) is 4.01. The van der Waals surface area contributed by atoms with Crippen molar-refractivity contribution in [1.29, 1.82) is 0 Å². The maximum atomic E-state index is 13.8. The summed E-state index contributed by atoms with van der Waals surface area (Å²) in [6, 6.07) is 4.08. The zero-order chi connectivity index (χ0) is 25.5. The number of hydrogen-bond donors (Lipinski definition) is 1. The zero-order valence-corrected chi connectivity index (χ0v) is 20.3. The average Bonchev–Trinajstić information content (AvgIpc) is 2.82. The molecule has 11 heteroatoms. The number of likely N-dealkylation sites (N-methyl/N-ethyl adjacent to an activating group) is 1. The molecule has 0 radical (unpaired) electrons. The number of rotatable bonds is 12. The number of aliphatic carboxylic acids is 1. The van der Waals surface area contributed by atoms with Crippen molar-refractivity contribution in [2.24, 2.45) is 0 Å². The van der Waals surface area contributed by atoms with Crippen LogP contribution in [0.25, 0.3) is 6.08 Å². The first-order chi connectivity index (χ1) is 16.1. The maximum Gasteiger partial charge on any atom is 0.401 e. The Kier molecular flexibility index (Phi) is 9.39. The van der Waals surface area contributed by atoms with Gasteiger partial charge in [0.05, 0.1) is 50.6 Å². The van der Waals surface area contributed by atoms with Gasteiger partial charge in [-0.05, 0) is 30.8 Å². The molecule has 0 saturated carbocycles. The van der Waals surface area contributed by atoms with Gasteiger partial charge in [-0.3, -0.25) is 4.21 Å². The van der Waals surface area contributed by atoms with Crippen LogP contribution in [0, 0.1) is 0 Å². The third-order valence-electron chi connectivity index (χ3n) is 4.94. The number of benzene rings is 2. The summed E-state index contributed by atoms with van der Waals surface area (Å²) in [5, 5.41) is 10.2. The van der Waals surface area contributed by atoms with Crippen molar-refractivity contribution in [3.63, 3.8) is 0 Å². The lowest BCUT2D eigenvalue weighted by Gasteiger charge is -2.24. The summed E-state index contributed by atoms with van der Waals surface area (Å²) >= 11 is 0. The van der Waals surface area contributed by atoms with E-state index in [1.165, 1.54) is 33.8 Å². The Bertz CT molecular complexity index is 1050. The van der Waals surface area contributed by atoms with Crippen LogP contribution in [0.15, 0.2) is 35.7 Å². The highest BCUT2D eigenvalue weighted by Gasteiger charge is 2.43. The topological polar surface area (TPSA) is 94.5 Å². The van der Waals surface area contributed by atoms with E-state index in [1.807, 2.05) is 0 Å². The van der Waals surface area contributed by atoms with Crippen molar-refractivity contribution in [2.45, 2.75) is 18.3 Å². The molecule has 0 aliphatic heterocycles. The number of carbonyl (C=O) groups is 1. The van der Waals surface area contributed by atoms with Gasteiger partial charge in [0.2, 0.25) is 0 Å². The zero-order valence-electron chi connectivity index (χ0n) is 19.5. The van der Waals surface area contributed by atoms with Gasteiger partial charge in [-0.1, -0.05) is 6.07 Å². The van der Waals surface area contributed by atoms with E-state index in [0.29, 0.717) is 44.6 Å². The molecular formula is C23H27F2NO7S. The minimum atomic E-state index is -4.05. The number of methoxy groups -OCH3 is 4.